The van der Waals surface area contributed by atoms with Gasteiger partial charge >= 0.3 is 26.2 Å². The third kappa shape index (κ3) is 14.1. The van der Waals surface area contributed by atoms with Crippen LogP contribution in [0.25, 0.3) is 0 Å². The zero-order valence-electron chi connectivity index (χ0n) is 27.2. The second-order valence-electron chi connectivity index (χ2n) is 10.1. The summed E-state index contributed by atoms with van der Waals surface area (Å²) in [6.07, 6.45) is 0. The van der Waals surface area contributed by atoms with Gasteiger partial charge in [0.05, 0.1) is 34.1 Å². The summed E-state index contributed by atoms with van der Waals surface area (Å²) in [5.41, 5.74) is 1.88. The van der Waals surface area contributed by atoms with Crippen LogP contribution in [0, 0.1) is 0 Å². The second kappa shape index (κ2) is 21.5. The Labute approximate surface area is 316 Å². The van der Waals surface area contributed by atoms with E-state index in [9.17, 15) is 29.7 Å². The minimum Gasteiger partial charge on any atom is -0.870 e. The Morgan fingerprint density at radius 2 is 0.462 bits per heavy atom. The van der Waals surface area contributed by atoms with Crippen LogP contribution in [-0.4, -0.2) is 26.2 Å². The molecule has 6 aromatic rings. The van der Waals surface area contributed by atoms with Crippen molar-refractivity contribution in [3.05, 3.63) is 194 Å². The molecule has 254 valence electrons. The fraction of sp³-hybridized carbons (Fsp3) is 0. The van der Waals surface area contributed by atoms with Gasteiger partial charge in [-0.25, -0.2) is 0 Å². The van der Waals surface area contributed by atoms with Crippen LogP contribution < -0.4 is 31.6 Å². The van der Waals surface area contributed by atoms with E-state index in [2.05, 4.69) is 30.7 Å². The molecule has 12 nitrogen and oxygen atoms in total. The van der Waals surface area contributed by atoms with E-state index >= 15 is 0 Å². The van der Waals surface area contributed by atoms with Crippen molar-refractivity contribution in [1.82, 2.24) is 0 Å². The maximum absolute atomic E-state index is 11.1. The van der Waals surface area contributed by atoms with Crippen molar-refractivity contribution in [1.29, 1.82) is 0 Å². The van der Waals surface area contributed by atoms with Gasteiger partial charge in [-0.1, -0.05) is 90.0 Å². The van der Waals surface area contributed by atoms with Crippen molar-refractivity contribution in [2.24, 2.45) is 30.7 Å². The molecule has 0 N–H and O–H groups in total. The SMILES string of the molecule is O=c1ccc(N=Nc2ccccc2)ccc1[O-].O=c1ccc(N=Nc2ccccc2)ccc1[O-].O=c1ccc(N=Nc2ccccc2)ccc1[O-].[Bi+3]. The molecule has 0 fully saturated rings. The molecule has 0 heterocycles. The third-order valence-corrected chi connectivity index (χ3v) is 6.27. The summed E-state index contributed by atoms with van der Waals surface area (Å²) < 4.78 is 0. The summed E-state index contributed by atoms with van der Waals surface area (Å²) in [6.45, 7) is 0. The summed E-state index contributed by atoms with van der Waals surface area (Å²) in [5, 5.41) is 57.0. The quantitative estimate of drug-likeness (QED) is 0.125. The molecule has 6 rings (SSSR count). The Morgan fingerprint density at radius 1 is 0.269 bits per heavy atom. The largest absolute Gasteiger partial charge is 3.00 e. The molecule has 0 unspecified atom stereocenters. The second-order valence-corrected chi connectivity index (χ2v) is 10.1. The van der Waals surface area contributed by atoms with E-state index in [0.717, 1.165) is 0 Å². The normalized spacial score (nSPS) is 10.4. The van der Waals surface area contributed by atoms with Crippen LogP contribution in [-0.2, 0) is 0 Å². The molecule has 52 heavy (non-hydrogen) atoms. The molecule has 2 radical (unpaired) electrons. The predicted octanol–water partition coefficient (Wildman–Crippen LogP) is 7.23. The molecule has 0 amide bonds. The zero-order chi connectivity index (χ0) is 36.3. The van der Waals surface area contributed by atoms with Crippen molar-refractivity contribution in [2.75, 3.05) is 0 Å². The van der Waals surface area contributed by atoms with Gasteiger partial charge < -0.3 is 15.3 Å². The van der Waals surface area contributed by atoms with E-state index < -0.39 is 33.5 Å². The van der Waals surface area contributed by atoms with Crippen LogP contribution >= 0.6 is 0 Å². The van der Waals surface area contributed by atoms with Crippen molar-refractivity contribution in [3.8, 4) is 17.2 Å². The Hall–Kier alpha value is -6.59. The van der Waals surface area contributed by atoms with Crippen LogP contribution in [0.5, 0.6) is 17.2 Å². The number of benzene rings is 3. The van der Waals surface area contributed by atoms with E-state index in [1.165, 1.54) is 72.8 Å². The fourth-order valence-electron chi connectivity index (χ4n) is 3.66. The van der Waals surface area contributed by atoms with Crippen LogP contribution in [0.2, 0.25) is 0 Å². The molecule has 13 heteroatoms. The molecule has 0 bridgehead atoms. The summed E-state index contributed by atoms with van der Waals surface area (Å²) in [5.74, 6) is -1.65. The minimum absolute atomic E-state index is 0. The summed E-state index contributed by atoms with van der Waals surface area (Å²) in [7, 11) is 0. The molecule has 0 spiro atoms. The number of nitrogens with zero attached hydrogens (tertiary/aromatic N) is 6. The molecule has 0 aliphatic rings. The molecule has 0 aliphatic carbocycles. The molecule has 0 saturated heterocycles. The maximum Gasteiger partial charge on any atom is 3.00 e. The predicted molar refractivity (Wildman–Crippen MR) is 194 cm³/mol. The van der Waals surface area contributed by atoms with E-state index in [0.29, 0.717) is 34.1 Å². The fourth-order valence-corrected chi connectivity index (χ4v) is 3.66. The Kier molecular flexibility index (Phi) is 16.5. The number of rotatable bonds is 6. The van der Waals surface area contributed by atoms with E-state index in [1.54, 1.807) is 0 Å². The van der Waals surface area contributed by atoms with E-state index in [1.807, 2.05) is 91.0 Å². The number of hydrogen-bond acceptors (Lipinski definition) is 12. The van der Waals surface area contributed by atoms with Gasteiger partial charge in [-0.05, 0) is 91.0 Å². The van der Waals surface area contributed by atoms with Crippen molar-refractivity contribution >= 4 is 60.3 Å². The molecule has 6 aromatic carbocycles. The first-order valence-corrected chi connectivity index (χ1v) is 15.1. The first-order valence-electron chi connectivity index (χ1n) is 15.1. The Bertz CT molecular complexity index is 2050. The Balaban J connectivity index is 0.000000208. The number of hydrogen-bond donors (Lipinski definition) is 0. The monoisotopic (exact) mass is 884 g/mol. The Morgan fingerprint density at radius 3 is 0.692 bits per heavy atom. The molecule has 0 atom stereocenters. The van der Waals surface area contributed by atoms with Gasteiger partial charge in [0.25, 0.3) is 0 Å². The van der Waals surface area contributed by atoms with Gasteiger partial charge in [0.1, 0.15) is 0 Å². The first kappa shape index (κ1) is 39.8. The number of azo groups is 3. The zero-order valence-corrected chi connectivity index (χ0v) is 30.6. The third-order valence-electron chi connectivity index (χ3n) is 6.27. The molecule has 0 saturated carbocycles. The van der Waals surface area contributed by atoms with Crippen LogP contribution in [0.3, 0.4) is 0 Å². The first-order chi connectivity index (χ1) is 24.8. The van der Waals surface area contributed by atoms with Gasteiger partial charge in [0.2, 0.25) is 0 Å². The van der Waals surface area contributed by atoms with Crippen molar-refractivity contribution < 1.29 is 15.3 Å². The maximum atomic E-state index is 11.1. The summed E-state index contributed by atoms with van der Waals surface area (Å²) >= 11 is 0. The summed E-state index contributed by atoms with van der Waals surface area (Å²) in [6, 6.07) is 43.6. The van der Waals surface area contributed by atoms with Crippen LogP contribution in [0.15, 0.2) is 209 Å². The standard InChI is InChI=1S/3C13H10N2O2.Bi/c3*16-12-8-6-11(7-9-13(12)17)15-14-10-4-2-1-3-5-10;/h3*1-9H,(H,16,17);/q;;;+3/p-3. The van der Waals surface area contributed by atoms with Gasteiger partial charge in [-0.3, -0.25) is 14.4 Å². The van der Waals surface area contributed by atoms with E-state index in [-0.39, 0.29) is 26.2 Å². The van der Waals surface area contributed by atoms with E-state index in [4.69, 9.17) is 0 Å². The molecular weight excluding hydrogens is 857 g/mol. The topological polar surface area (TPSA) is 195 Å². The molecule has 0 aliphatic heterocycles. The minimum atomic E-state index is -0.550. The van der Waals surface area contributed by atoms with Gasteiger partial charge in [-0.2, -0.15) is 30.7 Å². The average Bonchev–Trinajstić information content (AvgIpc) is 3.52. The van der Waals surface area contributed by atoms with Gasteiger partial charge in [0.15, 0.2) is 16.3 Å². The van der Waals surface area contributed by atoms with Crippen LogP contribution in [0.1, 0.15) is 0 Å². The van der Waals surface area contributed by atoms with Crippen molar-refractivity contribution in [2.45, 2.75) is 0 Å². The average molecular weight is 885 g/mol. The molecule has 0 aromatic heterocycles. The van der Waals surface area contributed by atoms with Crippen LogP contribution in [0.4, 0.5) is 34.1 Å². The van der Waals surface area contributed by atoms with Gasteiger partial charge in [0, 0.05) is 0 Å². The summed E-state index contributed by atoms with van der Waals surface area (Å²) in [4.78, 5) is 33.2. The van der Waals surface area contributed by atoms with Crippen molar-refractivity contribution in [3.63, 3.8) is 0 Å². The van der Waals surface area contributed by atoms with Gasteiger partial charge in [-0.15, -0.1) is 0 Å². The smallest absolute Gasteiger partial charge is 0.870 e. The molecular formula is C39H27BiN6O6.